The third-order valence-corrected chi connectivity index (χ3v) is 6.28. The van der Waals surface area contributed by atoms with Gasteiger partial charge >= 0.3 is 0 Å². The number of nitrogens with two attached hydrogens (primary N) is 2. The molecule has 0 unspecified atom stereocenters. The molecule has 1 aromatic carbocycles. The number of amides is 1. The van der Waals surface area contributed by atoms with Crippen LogP contribution in [0.3, 0.4) is 0 Å². The lowest BCUT2D eigenvalue weighted by molar-refractivity contribution is 0.100. The highest BCUT2D eigenvalue weighted by atomic mass is 16.1. The second-order valence-electron chi connectivity index (χ2n) is 9.04. The summed E-state index contributed by atoms with van der Waals surface area (Å²) in [7, 11) is 1.84. The van der Waals surface area contributed by atoms with Gasteiger partial charge in [0.2, 0.25) is 0 Å². The average molecular weight is 543 g/mol. The molecule has 0 aliphatic heterocycles. The van der Waals surface area contributed by atoms with E-state index in [1.165, 1.54) is 0 Å². The molecule has 6 rings (SSSR count). The first-order valence-corrected chi connectivity index (χ1v) is 12.8. The minimum absolute atomic E-state index is 0.0980. The van der Waals surface area contributed by atoms with E-state index in [0.29, 0.717) is 28.8 Å². The maximum absolute atomic E-state index is 13.4. The number of fused-ring (bicyclic) bond motifs is 2. The summed E-state index contributed by atoms with van der Waals surface area (Å²) in [5.74, 6) is 5.66. The fourth-order valence-corrected chi connectivity index (χ4v) is 4.40. The molecular formula is C31H26N8O2. The molecule has 0 saturated carbocycles. The largest absolute Gasteiger partial charge is 0.383 e. The van der Waals surface area contributed by atoms with Gasteiger partial charge in [0.05, 0.1) is 28.5 Å². The van der Waals surface area contributed by atoms with Crippen LogP contribution in [0.2, 0.25) is 0 Å². The Hall–Kier alpha value is -5.82. The topological polar surface area (TPSA) is 147 Å². The van der Waals surface area contributed by atoms with Crippen LogP contribution >= 0.6 is 0 Å². The van der Waals surface area contributed by atoms with E-state index in [9.17, 15) is 9.59 Å². The number of hydrogen-bond donors (Lipinski definition) is 2. The molecule has 1 amide bonds. The van der Waals surface area contributed by atoms with Crippen molar-refractivity contribution in [3.63, 3.8) is 0 Å². The standard InChI is InChI=1S/C22H18N4O.C9H8N4O/c1-3-19-21(17-8-5-4-6-9-17)22(27)26-18(10-7-11-20(26)24-19)13-12-16-14-23-25(2)15-16;10-8-6(9(11)14)7-5(4-13-8)2-1-3-12-7/h4-11,14-15H,3H2,1-2H3;1-4H,(H2,10,13)(H2,11,14). The van der Waals surface area contributed by atoms with Crippen molar-refractivity contribution in [2.45, 2.75) is 13.3 Å². The number of pyridine rings is 3. The Balaban J connectivity index is 0.000000202. The first kappa shape index (κ1) is 26.8. The smallest absolute Gasteiger partial charge is 0.267 e. The lowest BCUT2D eigenvalue weighted by Gasteiger charge is -2.11. The average Bonchev–Trinajstić information content (AvgIpc) is 3.41. The van der Waals surface area contributed by atoms with E-state index < -0.39 is 5.91 Å². The van der Waals surface area contributed by atoms with Crippen LogP contribution in [-0.2, 0) is 13.5 Å². The van der Waals surface area contributed by atoms with E-state index in [-0.39, 0.29) is 16.9 Å². The van der Waals surface area contributed by atoms with Gasteiger partial charge in [-0.15, -0.1) is 0 Å². The van der Waals surface area contributed by atoms with E-state index in [1.54, 1.807) is 39.8 Å². The number of rotatable bonds is 3. The first-order chi connectivity index (χ1) is 19.9. The minimum atomic E-state index is -0.612. The van der Waals surface area contributed by atoms with Crippen molar-refractivity contribution >= 4 is 28.3 Å². The van der Waals surface area contributed by atoms with Gasteiger partial charge in [0.1, 0.15) is 22.7 Å². The zero-order valence-corrected chi connectivity index (χ0v) is 22.4. The van der Waals surface area contributed by atoms with Crippen molar-refractivity contribution < 1.29 is 4.79 Å². The van der Waals surface area contributed by atoms with E-state index in [0.717, 1.165) is 22.2 Å². The van der Waals surface area contributed by atoms with Gasteiger partial charge in [0.15, 0.2) is 0 Å². The molecule has 10 nitrogen and oxygen atoms in total. The van der Waals surface area contributed by atoms with Crippen LogP contribution in [0, 0.1) is 11.8 Å². The Morgan fingerprint density at radius 3 is 2.49 bits per heavy atom. The van der Waals surface area contributed by atoms with Crippen molar-refractivity contribution in [3.05, 3.63) is 118 Å². The van der Waals surface area contributed by atoms with Crippen LogP contribution in [-0.4, -0.2) is 35.0 Å². The van der Waals surface area contributed by atoms with E-state index in [4.69, 9.17) is 16.5 Å². The van der Waals surface area contributed by atoms with Crippen LogP contribution in [0.5, 0.6) is 0 Å². The Morgan fingerprint density at radius 1 is 0.976 bits per heavy atom. The predicted octanol–water partition coefficient (Wildman–Crippen LogP) is 3.37. The lowest BCUT2D eigenvalue weighted by Crippen LogP contribution is -2.21. The monoisotopic (exact) mass is 542 g/mol. The first-order valence-electron chi connectivity index (χ1n) is 12.8. The van der Waals surface area contributed by atoms with Crippen molar-refractivity contribution in [2.24, 2.45) is 12.8 Å². The molecule has 0 spiro atoms. The van der Waals surface area contributed by atoms with Crippen LogP contribution in [0.25, 0.3) is 27.7 Å². The summed E-state index contributed by atoms with van der Waals surface area (Å²) in [6, 6.07) is 18.8. The number of primary amides is 1. The SMILES string of the molecule is CCc1nc2cccc(C#Cc3cnn(C)c3)n2c(=O)c1-c1ccccc1.NC(=O)c1c(N)ncc2cccnc12. The molecule has 4 N–H and O–H groups in total. The summed E-state index contributed by atoms with van der Waals surface area (Å²) in [6.45, 7) is 2.01. The molecule has 10 heteroatoms. The number of hydrogen-bond acceptors (Lipinski definition) is 7. The molecule has 5 aromatic heterocycles. The number of carbonyl (C=O) groups excluding carboxylic acids is 1. The second kappa shape index (κ2) is 11.5. The molecule has 0 saturated heterocycles. The summed E-state index contributed by atoms with van der Waals surface area (Å²) in [5, 5.41) is 4.86. The van der Waals surface area contributed by atoms with Gasteiger partial charge in [-0.05, 0) is 42.2 Å². The van der Waals surface area contributed by atoms with Gasteiger partial charge < -0.3 is 11.5 Å². The number of aryl methyl sites for hydroxylation is 2. The molecule has 0 atom stereocenters. The third kappa shape index (κ3) is 5.51. The number of aromatic nitrogens is 6. The highest BCUT2D eigenvalue weighted by Crippen LogP contribution is 2.21. The second-order valence-corrected chi connectivity index (χ2v) is 9.04. The minimum Gasteiger partial charge on any atom is -0.383 e. The molecule has 6 aromatic rings. The van der Waals surface area contributed by atoms with Crippen LogP contribution in [0.15, 0.2) is 90.2 Å². The number of anilines is 1. The van der Waals surface area contributed by atoms with E-state index in [1.807, 2.05) is 68.7 Å². The molecule has 5 heterocycles. The zero-order valence-electron chi connectivity index (χ0n) is 22.4. The normalized spacial score (nSPS) is 10.5. The number of carbonyl (C=O) groups is 1. The van der Waals surface area contributed by atoms with Gasteiger partial charge in [-0.3, -0.25) is 23.7 Å². The Labute approximate surface area is 235 Å². The fraction of sp³-hybridized carbons (Fsp3) is 0.0968. The van der Waals surface area contributed by atoms with Crippen molar-refractivity contribution in [2.75, 3.05) is 5.73 Å². The van der Waals surface area contributed by atoms with Gasteiger partial charge in [-0.2, -0.15) is 5.10 Å². The van der Waals surface area contributed by atoms with Crippen molar-refractivity contribution in [1.82, 2.24) is 29.1 Å². The van der Waals surface area contributed by atoms with Crippen molar-refractivity contribution in [1.29, 1.82) is 0 Å². The van der Waals surface area contributed by atoms with Gasteiger partial charge in [0.25, 0.3) is 11.5 Å². The Kier molecular flexibility index (Phi) is 7.52. The van der Waals surface area contributed by atoms with Gasteiger partial charge in [0, 0.05) is 31.0 Å². The molecule has 0 aliphatic rings. The maximum atomic E-state index is 13.4. The highest BCUT2D eigenvalue weighted by Gasteiger charge is 2.15. The summed E-state index contributed by atoms with van der Waals surface area (Å²) >= 11 is 0. The Bertz CT molecular complexity index is 2020. The quantitative estimate of drug-likeness (QED) is 0.326. The van der Waals surface area contributed by atoms with E-state index in [2.05, 4.69) is 26.9 Å². The van der Waals surface area contributed by atoms with Crippen LogP contribution < -0.4 is 17.0 Å². The van der Waals surface area contributed by atoms with Crippen molar-refractivity contribution in [3.8, 4) is 23.0 Å². The number of benzene rings is 1. The summed E-state index contributed by atoms with van der Waals surface area (Å²) in [6.07, 6.45) is 7.35. The zero-order chi connectivity index (χ0) is 28.9. The van der Waals surface area contributed by atoms with Gasteiger partial charge in [-0.25, -0.2) is 9.97 Å². The van der Waals surface area contributed by atoms with Crippen LogP contribution in [0.4, 0.5) is 5.82 Å². The van der Waals surface area contributed by atoms with Gasteiger partial charge in [-0.1, -0.05) is 49.2 Å². The van der Waals surface area contributed by atoms with Crippen LogP contribution in [0.1, 0.15) is 34.2 Å². The predicted molar refractivity (Wildman–Crippen MR) is 158 cm³/mol. The molecule has 0 fully saturated rings. The maximum Gasteiger partial charge on any atom is 0.267 e. The summed E-state index contributed by atoms with van der Waals surface area (Å²) < 4.78 is 3.28. The molecule has 0 aliphatic carbocycles. The molecule has 202 valence electrons. The van der Waals surface area contributed by atoms with E-state index >= 15 is 0 Å². The number of nitrogen functional groups attached to an aromatic ring is 1. The molecule has 0 radical (unpaired) electrons. The summed E-state index contributed by atoms with van der Waals surface area (Å²) in [5.41, 5.74) is 15.6. The molecule has 0 bridgehead atoms. The lowest BCUT2D eigenvalue weighted by atomic mass is 10.0. The third-order valence-electron chi connectivity index (χ3n) is 6.28. The number of nitrogens with zero attached hydrogens (tertiary/aromatic N) is 6. The Morgan fingerprint density at radius 2 is 1.78 bits per heavy atom. The summed E-state index contributed by atoms with van der Waals surface area (Å²) in [4.78, 5) is 37.1. The molecule has 41 heavy (non-hydrogen) atoms. The fourth-order valence-electron chi connectivity index (χ4n) is 4.40. The highest BCUT2D eigenvalue weighted by molar-refractivity contribution is 6.08. The molecular weight excluding hydrogens is 516 g/mol.